The van der Waals surface area contributed by atoms with Crippen molar-refractivity contribution in [3.8, 4) is 28.0 Å². The second kappa shape index (κ2) is 8.67. The molecule has 1 saturated carbocycles. The molecule has 1 aromatic carbocycles. The molecule has 1 fully saturated rings. The number of aromatic nitrogens is 1. The van der Waals surface area contributed by atoms with Crippen molar-refractivity contribution in [3.63, 3.8) is 0 Å². The highest BCUT2D eigenvalue weighted by atomic mass is 32.1. The molecule has 0 amide bonds. The van der Waals surface area contributed by atoms with E-state index in [4.69, 9.17) is 4.74 Å². The molecule has 0 spiro atoms. The van der Waals surface area contributed by atoms with Crippen molar-refractivity contribution in [2.75, 3.05) is 6.61 Å². The zero-order chi connectivity index (χ0) is 21.1. The number of aliphatic hydroxyl groups is 1. The first-order valence-corrected chi connectivity index (χ1v) is 11.4. The van der Waals surface area contributed by atoms with E-state index >= 15 is 0 Å². The van der Waals surface area contributed by atoms with E-state index in [1.807, 2.05) is 35.7 Å². The third kappa shape index (κ3) is 4.77. The molecule has 5 heteroatoms. The van der Waals surface area contributed by atoms with E-state index in [1.54, 1.807) is 13.8 Å². The van der Waals surface area contributed by atoms with Gasteiger partial charge in [0, 0.05) is 15.8 Å². The number of benzene rings is 1. The molecule has 2 aromatic heterocycles. The third-order valence-electron chi connectivity index (χ3n) is 5.43. The van der Waals surface area contributed by atoms with Crippen LogP contribution in [0.4, 0.5) is 0 Å². The number of hydrogen-bond acceptors (Lipinski definition) is 4. The van der Waals surface area contributed by atoms with Gasteiger partial charge in [-0.15, -0.1) is 11.3 Å². The summed E-state index contributed by atoms with van der Waals surface area (Å²) in [6.07, 6.45) is 6.15. The quantitative estimate of drug-likeness (QED) is 0.559. The topological polar surface area (TPSA) is 62.3 Å². The molecule has 3 aromatic rings. The number of ether oxygens (including phenoxy) is 1. The minimum atomic E-state index is -1.07. The van der Waals surface area contributed by atoms with Crippen molar-refractivity contribution in [2.24, 2.45) is 5.92 Å². The highest BCUT2D eigenvalue weighted by Crippen LogP contribution is 2.37. The molecule has 0 saturated heterocycles. The highest BCUT2D eigenvalue weighted by Gasteiger charge is 2.20. The van der Waals surface area contributed by atoms with Gasteiger partial charge in [0.1, 0.15) is 11.4 Å². The average Bonchev–Trinajstić information content (AvgIpc) is 3.24. The smallest absolute Gasteiger partial charge is 0.260 e. The number of hydrogen-bond donors (Lipinski definition) is 2. The largest absolute Gasteiger partial charge is 0.492 e. The van der Waals surface area contributed by atoms with Crippen LogP contribution in [0.3, 0.4) is 0 Å². The maximum Gasteiger partial charge on any atom is 0.260 e. The van der Waals surface area contributed by atoms with Crippen LogP contribution in [0.15, 0.2) is 40.5 Å². The van der Waals surface area contributed by atoms with Crippen LogP contribution in [0.5, 0.6) is 5.75 Å². The lowest BCUT2D eigenvalue weighted by Gasteiger charge is -2.23. The Kier molecular flexibility index (Phi) is 5.99. The normalized spacial score (nSPS) is 15.0. The molecule has 1 aliphatic rings. The minimum Gasteiger partial charge on any atom is -0.492 e. The first kappa shape index (κ1) is 20.7. The van der Waals surface area contributed by atoms with Crippen molar-refractivity contribution in [3.05, 3.63) is 51.6 Å². The third-order valence-corrected chi connectivity index (χ3v) is 6.32. The number of aromatic amines is 1. The van der Waals surface area contributed by atoms with Gasteiger partial charge in [-0.25, -0.2) is 0 Å². The summed E-state index contributed by atoms with van der Waals surface area (Å²) in [5.41, 5.74) is 0.881. The van der Waals surface area contributed by atoms with Gasteiger partial charge in [0.15, 0.2) is 0 Å². The zero-order valence-corrected chi connectivity index (χ0v) is 18.3. The summed E-state index contributed by atoms with van der Waals surface area (Å²) in [6.45, 7) is 3.94. The molecule has 0 atom stereocenters. The number of thiophene rings is 1. The summed E-state index contributed by atoms with van der Waals surface area (Å²) in [4.78, 5) is 16.8. The summed E-state index contributed by atoms with van der Waals surface area (Å²) in [5.74, 6) is 7.05. The van der Waals surface area contributed by atoms with Crippen molar-refractivity contribution < 1.29 is 9.84 Å². The molecule has 2 heterocycles. The molecule has 2 N–H and O–H groups in total. The Labute approximate surface area is 180 Å². The number of pyridine rings is 1. The maximum atomic E-state index is 13.0. The predicted octanol–water partition coefficient (Wildman–Crippen LogP) is 5.34. The SMILES string of the molecule is CC(C)(O)C#Cc1ccc2[nH]c(=O)c(-c3cccs3)c(OCC3CCCCC3)c2c1. The van der Waals surface area contributed by atoms with Gasteiger partial charge in [-0.2, -0.15) is 0 Å². The van der Waals surface area contributed by atoms with Crippen molar-refractivity contribution >= 4 is 22.2 Å². The van der Waals surface area contributed by atoms with Gasteiger partial charge in [-0.3, -0.25) is 4.79 Å². The molecule has 0 radical (unpaired) electrons. The molecule has 4 nitrogen and oxygen atoms in total. The van der Waals surface area contributed by atoms with Crippen LogP contribution in [0.1, 0.15) is 51.5 Å². The van der Waals surface area contributed by atoms with Gasteiger partial charge in [0.05, 0.1) is 17.7 Å². The molecular weight excluding hydrogens is 394 g/mol. The molecule has 4 rings (SSSR count). The van der Waals surface area contributed by atoms with Crippen LogP contribution >= 0.6 is 11.3 Å². The molecule has 156 valence electrons. The fourth-order valence-corrected chi connectivity index (χ4v) is 4.68. The number of H-pyrrole nitrogens is 1. The first-order valence-electron chi connectivity index (χ1n) is 10.5. The van der Waals surface area contributed by atoms with E-state index in [1.165, 1.54) is 43.4 Å². The highest BCUT2D eigenvalue weighted by molar-refractivity contribution is 7.13. The Morgan fingerprint density at radius 1 is 1.23 bits per heavy atom. The molecule has 1 aliphatic carbocycles. The van der Waals surface area contributed by atoms with E-state index in [0.717, 1.165) is 21.3 Å². The van der Waals surface area contributed by atoms with Crippen LogP contribution in [0.2, 0.25) is 0 Å². The fraction of sp³-hybridized carbons (Fsp3) is 0.400. The van der Waals surface area contributed by atoms with Gasteiger partial charge in [-0.05, 0) is 62.3 Å². The van der Waals surface area contributed by atoms with E-state index in [0.29, 0.717) is 23.8 Å². The van der Waals surface area contributed by atoms with Crippen molar-refractivity contribution in [1.29, 1.82) is 0 Å². The molecule has 0 aliphatic heterocycles. The van der Waals surface area contributed by atoms with Crippen LogP contribution < -0.4 is 10.3 Å². The standard InChI is InChI=1S/C25H27NO3S/c1-25(2,28)13-12-17-10-11-20-19(15-17)23(29-16-18-7-4-3-5-8-18)22(24(27)26-20)21-9-6-14-30-21/h6,9-11,14-15,18,28H,3-5,7-8,16H2,1-2H3,(H,26,27). The Balaban J connectivity index is 1.82. The Bertz CT molecular complexity index is 1140. The number of fused-ring (bicyclic) bond motifs is 1. The van der Waals surface area contributed by atoms with E-state index in [9.17, 15) is 9.90 Å². The number of rotatable bonds is 4. The van der Waals surface area contributed by atoms with Gasteiger partial charge >= 0.3 is 0 Å². The van der Waals surface area contributed by atoms with Gasteiger partial charge in [-0.1, -0.05) is 37.2 Å². The Morgan fingerprint density at radius 2 is 2.03 bits per heavy atom. The molecule has 0 unspecified atom stereocenters. The summed E-state index contributed by atoms with van der Waals surface area (Å²) >= 11 is 1.53. The maximum absolute atomic E-state index is 13.0. The van der Waals surface area contributed by atoms with E-state index < -0.39 is 5.60 Å². The molecule has 30 heavy (non-hydrogen) atoms. The summed E-state index contributed by atoms with van der Waals surface area (Å²) in [5, 5.41) is 12.7. The number of nitrogens with one attached hydrogen (secondary N) is 1. The lowest BCUT2D eigenvalue weighted by molar-refractivity contribution is 0.143. The lowest BCUT2D eigenvalue weighted by Crippen LogP contribution is -2.18. The summed E-state index contributed by atoms with van der Waals surface area (Å²) in [7, 11) is 0. The first-order chi connectivity index (χ1) is 14.4. The predicted molar refractivity (Wildman–Crippen MR) is 123 cm³/mol. The summed E-state index contributed by atoms with van der Waals surface area (Å²) < 4.78 is 6.38. The average molecular weight is 422 g/mol. The van der Waals surface area contributed by atoms with Crippen molar-refractivity contribution in [2.45, 2.75) is 51.6 Å². The molecule has 0 bridgehead atoms. The van der Waals surface area contributed by atoms with E-state index in [-0.39, 0.29) is 5.56 Å². The Hall–Kier alpha value is -2.55. The lowest BCUT2D eigenvalue weighted by atomic mass is 9.90. The van der Waals surface area contributed by atoms with Crippen LogP contribution in [-0.4, -0.2) is 22.3 Å². The van der Waals surface area contributed by atoms with Crippen LogP contribution in [0, 0.1) is 17.8 Å². The molecular formula is C25H27NO3S. The monoisotopic (exact) mass is 421 g/mol. The second-order valence-electron chi connectivity index (χ2n) is 8.52. The van der Waals surface area contributed by atoms with Gasteiger partial charge in [0.25, 0.3) is 5.56 Å². The van der Waals surface area contributed by atoms with Crippen LogP contribution in [-0.2, 0) is 0 Å². The minimum absolute atomic E-state index is 0.140. The Morgan fingerprint density at radius 3 is 2.73 bits per heavy atom. The van der Waals surface area contributed by atoms with Crippen molar-refractivity contribution in [1.82, 2.24) is 4.98 Å². The second-order valence-corrected chi connectivity index (χ2v) is 9.47. The summed E-state index contributed by atoms with van der Waals surface area (Å²) in [6, 6.07) is 9.55. The van der Waals surface area contributed by atoms with E-state index in [2.05, 4.69) is 16.8 Å². The van der Waals surface area contributed by atoms with Crippen LogP contribution in [0.25, 0.3) is 21.3 Å². The van der Waals surface area contributed by atoms with Gasteiger partial charge in [0.2, 0.25) is 0 Å². The zero-order valence-electron chi connectivity index (χ0n) is 17.5. The van der Waals surface area contributed by atoms with Gasteiger partial charge < -0.3 is 14.8 Å². The fourth-order valence-electron chi connectivity index (χ4n) is 3.92.